The van der Waals surface area contributed by atoms with Crippen molar-refractivity contribution in [2.45, 2.75) is 19.4 Å². The Morgan fingerprint density at radius 2 is 2.19 bits per heavy atom. The molecule has 1 heterocycles. The lowest BCUT2D eigenvalue weighted by Crippen LogP contribution is -2.22. The topological polar surface area (TPSA) is 48.1 Å². The van der Waals surface area contributed by atoms with Crippen LogP contribution in [-0.2, 0) is 4.74 Å². The van der Waals surface area contributed by atoms with Crippen LogP contribution in [0, 0.1) is 5.92 Å². The van der Waals surface area contributed by atoms with Gasteiger partial charge in [-0.1, -0.05) is 6.92 Å². The molecule has 0 aliphatic heterocycles. The molecule has 0 aliphatic carbocycles. The molecule has 0 aliphatic rings. The SMILES string of the molecule is COCCC(C)C(N)c1ncc(Br)cc1Br. The van der Waals surface area contributed by atoms with Gasteiger partial charge in [-0.25, -0.2) is 0 Å². The number of nitrogens with two attached hydrogens (primary N) is 1. The van der Waals surface area contributed by atoms with E-state index in [9.17, 15) is 0 Å². The van der Waals surface area contributed by atoms with Crippen molar-refractivity contribution in [3.05, 3.63) is 26.9 Å². The highest BCUT2D eigenvalue weighted by Gasteiger charge is 2.18. The Kier molecular flexibility index (Phi) is 5.89. The molecule has 0 spiro atoms. The summed E-state index contributed by atoms with van der Waals surface area (Å²) >= 11 is 6.85. The number of halogens is 2. The van der Waals surface area contributed by atoms with E-state index in [4.69, 9.17) is 10.5 Å². The highest BCUT2D eigenvalue weighted by atomic mass is 79.9. The zero-order chi connectivity index (χ0) is 12.1. The molecule has 0 fully saturated rings. The van der Waals surface area contributed by atoms with Gasteiger partial charge < -0.3 is 10.5 Å². The molecular formula is C11H16Br2N2O. The third-order valence-corrected chi connectivity index (χ3v) is 3.61. The molecule has 0 saturated heterocycles. The van der Waals surface area contributed by atoms with Gasteiger partial charge in [-0.05, 0) is 50.3 Å². The van der Waals surface area contributed by atoms with Crippen molar-refractivity contribution in [3.8, 4) is 0 Å². The fraction of sp³-hybridized carbons (Fsp3) is 0.545. The first-order chi connectivity index (χ1) is 7.56. The van der Waals surface area contributed by atoms with Crippen molar-refractivity contribution in [3.63, 3.8) is 0 Å². The smallest absolute Gasteiger partial charge is 0.0716 e. The molecule has 0 amide bonds. The van der Waals surface area contributed by atoms with Crippen LogP contribution in [0.4, 0.5) is 0 Å². The van der Waals surface area contributed by atoms with Gasteiger partial charge in [-0.3, -0.25) is 4.98 Å². The summed E-state index contributed by atoms with van der Waals surface area (Å²) in [6, 6.07) is 1.89. The van der Waals surface area contributed by atoms with Crippen LogP contribution >= 0.6 is 31.9 Å². The predicted molar refractivity (Wildman–Crippen MR) is 72.2 cm³/mol. The summed E-state index contributed by atoms with van der Waals surface area (Å²) in [7, 11) is 1.70. The van der Waals surface area contributed by atoms with Crippen LogP contribution in [0.2, 0.25) is 0 Å². The van der Waals surface area contributed by atoms with Gasteiger partial charge in [0.2, 0.25) is 0 Å². The van der Waals surface area contributed by atoms with E-state index in [-0.39, 0.29) is 6.04 Å². The number of ether oxygens (including phenoxy) is 1. The number of nitrogens with zero attached hydrogens (tertiary/aromatic N) is 1. The Labute approximate surface area is 113 Å². The van der Waals surface area contributed by atoms with Gasteiger partial charge >= 0.3 is 0 Å². The number of methoxy groups -OCH3 is 1. The lowest BCUT2D eigenvalue weighted by Gasteiger charge is -2.20. The lowest BCUT2D eigenvalue weighted by molar-refractivity contribution is 0.174. The van der Waals surface area contributed by atoms with Gasteiger partial charge in [0.25, 0.3) is 0 Å². The van der Waals surface area contributed by atoms with Crippen molar-refractivity contribution in [1.82, 2.24) is 4.98 Å². The average Bonchev–Trinajstić information content (AvgIpc) is 2.25. The number of pyridine rings is 1. The number of hydrogen-bond acceptors (Lipinski definition) is 3. The Hall–Kier alpha value is 0.0300. The molecule has 1 aromatic rings. The van der Waals surface area contributed by atoms with Crippen molar-refractivity contribution < 1.29 is 4.74 Å². The van der Waals surface area contributed by atoms with E-state index in [2.05, 4.69) is 43.8 Å². The molecule has 0 bridgehead atoms. The van der Waals surface area contributed by atoms with E-state index in [1.165, 1.54) is 0 Å². The maximum Gasteiger partial charge on any atom is 0.0716 e. The monoisotopic (exact) mass is 350 g/mol. The van der Waals surface area contributed by atoms with Crippen molar-refractivity contribution in [2.24, 2.45) is 11.7 Å². The van der Waals surface area contributed by atoms with E-state index < -0.39 is 0 Å². The van der Waals surface area contributed by atoms with Crippen LogP contribution < -0.4 is 5.73 Å². The van der Waals surface area contributed by atoms with Crippen LogP contribution in [-0.4, -0.2) is 18.7 Å². The summed E-state index contributed by atoms with van der Waals surface area (Å²) in [5.41, 5.74) is 7.06. The second-order valence-corrected chi connectivity index (χ2v) is 5.58. The first-order valence-electron chi connectivity index (χ1n) is 5.11. The summed E-state index contributed by atoms with van der Waals surface area (Å²) in [6.45, 7) is 2.84. The summed E-state index contributed by atoms with van der Waals surface area (Å²) in [5.74, 6) is 0.338. The molecule has 3 nitrogen and oxygen atoms in total. The molecule has 0 radical (unpaired) electrons. The van der Waals surface area contributed by atoms with Gasteiger partial charge in [-0.15, -0.1) is 0 Å². The lowest BCUT2D eigenvalue weighted by atomic mass is 9.96. The van der Waals surface area contributed by atoms with Crippen LogP contribution in [0.5, 0.6) is 0 Å². The zero-order valence-corrected chi connectivity index (χ0v) is 12.6. The molecule has 1 rings (SSSR count). The first-order valence-corrected chi connectivity index (χ1v) is 6.70. The fourth-order valence-corrected chi connectivity index (χ4v) is 2.68. The minimum atomic E-state index is -0.0716. The van der Waals surface area contributed by atoms with Gasteiger partial charge in [0, 0.05) is 28.9 Å². The molecule has 1 aromatic heterocycles. The summed E-state index contributed by atoms with van der Waals surface area (Å²) in [4.78, 5) is 4.35. The largest absolute Gasteiger partial charge is 0.385 e. The Bertz CT molecular complexity index is 347. The summed E-state index contributed by atoms with van der Waals surface area (Å²) < 4.78 is 6.94. The maximum absolute atomic E-state index is 6.17. The molecule has 2 N–H and O–H groups in total. The molecule has 0 saturated carbocycles. The van der Waals surface area contributed by atoms with Gasteiger partial charge in [0.1, 0.15) is 0 Å². The molecular weight excluding hydrogens is 336 g/mol. The van der Waals surface area contributed by atoms with Crippen molar-refractivity contribution >= 4 is 31.9 Å². The van der Waals surface area contributed by atoms with E-state index >= 15 is 0 Å². The normalized spacial score (nSPS) is 14.8. The molecule has 5 heteroatoms. The van der Waals surface area contributed by atoms with Crippen LogP contribution in [0.3, 0.4) is 0 Å². The summed E-state index contributed by atoms with van der Waals surface area (Å²) in [6.07, 6.45) is 2.70. The third kappa shape index (κ3) is 3.80. The first kappa shape index (κ1) is 14.1. The second-order valence-electron chi connectivity index (χ2n) is 3.81. The van der Waals surface area contributed by atoms with Crippen molar-refractivity contribution in [2.75, 3.05) is 13.7 Å². The van der Waals surface area contributed by atoms with Gasteiger partial charge in [0.15, 0.2) is 0 Å². The molecule has 2 atom stereocenters. The van der Waals surface area contributed by atoms with Gasteiger partial charge in [-0.2, -0.15) is 0 Å². The quantitative estimate of drug-likeness (QED) is 0.885. The molecule has 16 heavy (non-hydrogen) atoms. The molecule has 0 aromatic carbocycles. The minimum absolute atomic E-state index is 0.0716. The minimum Gasteiger partial charge on any atom is -0.385 e. The van der Waals surface area contributed by atoms with Crippen LogP contribution in [0.1, 0.15) is 25.1 Å². The Morgan fingerprint density at radius 1 is 1.50 bits per heavy atom. The maximum atomic E-state index is 6.17. The molecule has 90 valence electrons. The second kappa shape index (κ2) is 6.69. The number of hydrogen-bond donors (Lipinski definition) is 1. The van der Waals surface area contributed by atoms with Gasteiger partial charge in [0.05, 0.1) is 11.7 Å². The van der Waals surface area contributed by atoms with E-state index in [1.54, 1.807) is 13.3 Å². The predicted octanol–water partition coefficient (Wildman–Crippen LogP) is 3.28. The van der Waals surface area contributed by atoms with Crippen molar-refractivity contribution in [1.29, 1.82) is 0 Å². The van der Waals surface area contributed by atoms with Crippen LogP contribution in [0.25, 0.3) is 0 Å². The third-order valence-electron chi connectivity index (χ3n) is 2.54. The Morgan fingerprint density at radius 3 is 2.75 bits per heavy atom. The Balaban J connectivity index is 2.75. The highest BCUT2D eigenvalue weighted by molar-refractivity contribution is 9.11. The molecule has 2 unspecified atom stereocenters. The summed E-state index contributed by atoms with van der Waals surface area (Å²) in [5, 5.41) is 0. The standard InChI is InChI=1S/C11H16Br2N2O/c1-7(3-4-16-2)10(14)11-9(13)5-8(12)6-15-11/h5-7,10H,3-4,14H2,1-2H3. The fourth-order valence-electron chi connectivity index (χ4n) is 1.42. The average molecular weight is 352 g/mol. The zero-order valence-electron chi connectivity index (χ0n) is 9.41. The van der Waals surface area contributed by atoms with E-state index in [1.807, 2.05) is 6.07 Å². The van der Waals surface area contributed by atoms with E-state index in [0.29, 0.717) is 5.92 Å². The number of rotatable bonds is 5. The van der Waals surface area contributed by atoms with Crippen LogP contribution in [0.15, 0.2) is 21.2 Å². The number of aromatic nitrogens is 1. The van der Waals surface area contributed by atoms with E-state index in [0.717, 1.165) is 27.7 Å². The highest BCUT2D eigenvalue weighted by Crippen LogP contribution is 2.28.